The van der Waals surface area contributed by atoms with Crippen molar-refractivity contribution in [1.29, 1.82) is 0 Å². The summed E-state index contributed by atoms with van der Waals surface area (Å²) in [5.41, 5.74) is -0.628. The fourth-order valence-corrected chi connectivity index (χ4v) is 1.29. The lowest BCUT2D eigenvalue weighted by molar-refractivity contribution is 0.149. The number of alkyl halides is 1. The zero-order valence-corrected chi connectivity index (χ0v) is 7.21. The van der Waals surface area contributed by atoms with Gasteiger partial charge in [0.05, 0.1) is 6.67 Å². The lowest BCUT2D eigenvalue weighted by atomic mass is 10.9. The highest BCUT2D eigenvalue weighted by Crippen LogP contribution is 2.11. The minimum atomic E-state index is -0.628. The Kier molecular flexibility index (Phi) is 2.74. The van der Waals surface area contributed by atoms with Crippen LogP contribution in [-0.4, -0.2) is 32.1 Å². The Labute approximate surface area is 71.8 Å². The van der Waals surface area contributed by atoms with Gasteiger partial charge in [-0.25, -0.2) is 9.48 Å². The summed E-state index contributed by atoms with van der Waals surface area (Å²) in [4.78, 5) is 10.9. The first-order chi connectivity index (χ1) is 5.66. The first-order valence-electron chi connectivity index (χ1n) is 3.21. The molecule has 0 spiro atoms. The third-order valence-electron chi connectivity index (χ3n) is 1.18. The fourth-order valence-electron chi connectivity index (χ4n) is 0.652. The minimum absolute atomic E-state index is 0.111. The quantitative estimate of drug-likeness (QED) is 0.537. The van der Waals surface area contributed by atoms with E-state index in [0.717, 1.165) is 16.4 Å². The van der Waals surface area contributed by atoms with Gasteiger partial charge in [0.15, 0.2) is 0 Å². The van der Waals surface area contributed by atoms with Crippen LogP contribution in [0.1, 0.15) is 0 Å². The second kappa shape index (κ2) is 3.61. The first kappa shape index (κ1) is 9.11. The molecule has 1 aromatic rings. The maximum absolute atomic E-state index is 11.7. The molecule has 0 aromatic carbocycles. The van der Waals surface area contributed by atoms with Crippen LogP contribution < -0.4 is 5.69 Å². The summed E-state index contributed by atoms with van der Waals surface area (Å²) in [6.07, 6.45) is 0. The zero-order valence-electron chi connectivity index (χ0n) is 6.40. The third kappa shape index (κ3) is 1.60. The average Bonchev–Trinajstić information content (AvgIpc) is 2.30. The molecule has 0 aliphatic carbocycles. The molecule has 0 radical (unpaired) electrons. The van der Waals surface area contributed by atoms with Crippen molar-refractivity contribution in [3.63, 3.8) is 0 Å². The van der Waals surface area contributed by atoms with E-state index in [1.165, 1.54) is 7.05 Å². The van der Waals surface area contributed by atoms with E-state index in [4.69, 9.17) is 5.21 Å². The molecule has 1 aromatic heterocycles. The van der Waals surface area contributed by atoms with Crippen molar-refractivity contribution in [2.45, 2.75) is 5.16 Å². The number of aryl methyl sites for hydroxylation is 1. The van der Waals surface area contributed by atoms with Crippen molar-refractivity contribution in [3.8, 4) is 0 Å². The van der Waals surface area contributed by atoms with Gasteiger partial charge in [0.2, 0.25) is 5.16 Å². The van der Waals surface area contributed by atoms with Crippen molar-refractivity contribution in [2.24, 2.45) is 7.05 Å². The van der Waals surface area contributed by atoms with Gasteiger partial charge < -0.3 is 5.21 Å². The average molecular weight is 193 g/mol. The highest BCUT2D eigenvalue weighted by atomic mass is 32.2. The highest BCUT2D eigenvalue weighted by Gasteiger charge is 2.09. The molecule has 0 unspecified atom stereocenters. The number of hydrogen-bond acceptors (Lipinski definition) is 4. The number of halogens is 1. The van der Waals surface area contributed by atoms with Crippen LogP contribution in [0.2, 0.25) is 0 Å². The van der Waals surface area contributed by atoms with E-state index >= 15 is 0 Å². The molecular formula is C5H8FN3O2S. The summed E-state index contributed by atoms with van der Waals surface area (Å²) in [6.45, 7) is -0.518. The number of thioether (sulfide) groups is 1. The third-order valence-corrected chi connectivity index (χ3v) is 2.05. The normalized spacial score (nSPS) is 10.5. The molecule has 0 saturated carbocycles. The van der Waals surface area contributed by atoms with Gasteiger partial charge in [-0.1, -0.05) is 11.8 Å². The molecule has 7 heteroatoms. The maximum atomic E-state index is 11.7. The fraction of sp³-hybridized carbons (Fsp3) is 0.600. The Morgan fingerprint density at radius 1 is 1.75 bits per heavy atom. The number of hydrogen-bond donors (Lipinski definition) is 1. The second-order valence-corrected chi connectivity index (χ2v) is 3.10. The summed E-state index contributed by atoms with van der Waals surface area (Å²) >= 11 is 0.988. The highest BCUT2D eigenvalue weighted by molar-refractivity contribution is 7.99. The standard InChI is InChI=1S/C5H8FN3O2S/c1-8-5(10)9(11)4(7-8)12-3-2-6/h11H,2-3H2,1H3. The molecule has 0 amide bonds. The van der Waals surface area contributed by atoms with Gasteiger partial charge in [-0.15, -0.1) is 9.83 Å². The summed E-state index contributed by atoms with van der Waals surface area (Å²) < 4.78 is 13.1. The van der Waals surface area contributed by atoms with E-state index in [2.05, 4.69) is 5.10 Å². The van der Waals surface area contributed by atoms with Gasteiger partial charge in [0, 0.05) is 12.8 Å². The zero-order chi connectivity index (χ0) is 9.14. The molecular weight excluding hydrogens is 185 g/mol. The number of aromatic nitrogens is 3. The second-order valence-electron chi connectivity index (χ2n) is 2.04. The number of rotatable bonds is 3. The largest absolute Gasteiger partial charge is 0.422 e. The van der Waals surface area contributed by atoms with Crippen molar-refractivity contribution < 1.29 is 9.60 Å². The molecule has 1 heterocycles. The van der Waals surface area contributed by atoms with E-state index in [0.29, 0.717) is 4.73 Å². The summed E-state index contributed by atoms with van der Waals surface area (Å²) in [5.74, 6) is 0.178. The molecule has 0 fully saturated rings. The minimum Gasteiger partial charge on any atom is -0.422 e. The molecule has 0 bridgehead atoms. The van der Waals surface area contributed by atoms with E-state index < -0.39 is 12.4 Å². The smallest absolute Gasteiger partial charge is 0.379 e. The molecule has 12 heavy (non-hydrogen) atoms. The first-order valence-corrected chi connectivity index (χ1v) is 4.19. The van der Waals surface area contributed by atoms with Crippen LogP contribution in [-0.2, 0) is 7.05 Å². The van der Waals surface area contributed by atoms with Gasteiger partial charge in [-0.05, 0) is 0 Å². The Morgan fingerprint density at radius 2 is 2.42 bits per heavy atom. The predicted octanol–water partition coefficient (Wildman–Crippen LogP) is -0.119. The Morgan fingerprint density at radius 3 is 2.83 bits per heavy atom. The van der Waals surface area contributed by atoms with Crippen LogP contribution in [0.15, 0.2) is 9.95 Å². The van der Waals surface area contributed by atoms with Crippen LogP contribution in [0.3, 0.4) is 0 Å². The topological polar surface area (TPSA) is 60.1 Å². The lowest BCUT2D eigenvalue weighted by Gasteiger charge is -1.92. The van der Waals surface area contributed by atoms with Crippen LogP contribution in [0.25, 0.3) is 0 Å². The number of nitrogens with zero attached hydrogens (tertiary/aromatic N) is 3. The molecule has 0 aliphatic heterocycles. The van der Waals surface area contributed by atoms with Crippen molar-refractivity contribution in [3.05, 3.63) is 10.5 Å². The monoisotopic (exact) mass is 193 g/mol. The van der Waals surface area contributed by atoms with E-state index in [9.17, 15) is 9.18 Å². The van der Waals surface area contributed by atoms with Crippen molar-refractivity contribution in [1.82, 2.24) is 14.5 Å². The summed E-state index contributed by atoms with van der Waals surface area (Å²) in [5, 5.41) is 12.8. The Hall–Kier alpha value is -0.980. The molecule has 68 valence electrons. The van der Waals surface area contributed by atoms with Gasteiger partial charge >= 0.3 is 5.69 Å². The summed E-state index contributed by atoms with van der Waals surface area (Å²) in [6, 6.07) is 0. The van der Waals surface area contributed by atoms with E-state index in [-0.39, 0.29) is 10.9 Å². The van der Waals surface area contributed by atoms with E-state index in [1.54, 1.807) is 0 Å². The predicted molar refractivity (Wildman–Crippen MR) is 41.4 cm³/mol. The maximum Gasteiger partial charge on any atom is 0.379 e. The molecule has 0 aliphatic rings. The summed E-state index contributed by atoms with van der Waals surface area (Å²) in [7, 11) is 1.41. The van der Waals surface area contributed by atoms with Crippen LogP contribution in [0.5, 0.6) is 0 Å². The van der Waals surface area contributed by atoms with Crippen LogP contribution in [0.4, 0.5) is 4.39 Å². The van der Waals surface area contributed by atoms with Crippen molar-refractivity contribution in [2.75, 3.05) is 12.4 Å². The van der Waals surface area contributed by atoms with E-state index in [1.807, 2.05) is 0 Å². The molecule has 1 N–H and O–H groups in total. The van der Waals surface area contributed by atoms with Gasteiger partial charge in [-0.3, -0.25) is 4.39 Å². The Balaban J connectivity index is 2.86. The van der Waals surface area contributed by atoms with Crippen LogP contribution in [0, 0.1) is 0 Å². The lowest BCUT2D eigenvalue weighted by Crippen LogP contribution is -2.20. The van der Waals surface area contributed by atoms with Gasteiger partial charge in [0.1, 0.15) is 0 Å². The molecule has 1 rings (SSSR count). The Bertz CT molecular complexity index is 321. The van der Waals surface area contributed by atoms with Gasteiger partial charge in [0.25, 0.3) is 0 Å². The van der Waals surface area contributed by atoms with Crippen LogP contribution >= 0.6 is 11.8 Å². The van der Waals surface area contributed by atoms with Gasteiger partial charge in [-0.2, -0.15) is 0 Å². The molecule has 0 atom stereocenters. The SMILES string of the molecule is Cn1nc(SCCF)n(O)c1=O. The molecule has 0 saturated heterocycles. The molecule has 5 nitrogen and oxygen atoms in total. The van der Waals surface area contributed by atoms with Crippen molar-refractivity contribution >= 4 is 11.8 Å².